The number of rotatable bonds is 5. The van der Waals surface area contributed by atoms with Gasteiger partial charge in [0.25, 0.3) is 0 Å². The highest BCUT2D eigenvalue weighted by molar-refractivity contribution is 6.32. The highest BCUT2D eigenvalue weighted by Gasteiger charge is 2.40. The summed E-state index contributed by atoms with van der Waals surface area (Å²) in [5, 5.41) is 1.73. The standard InChI is InChI=1S/C9H8ClF4N3O/c1-4-16-6(10)5(2-18)7(17-4)15-3-9(13,14)8(11)12/h2,8H,3H2,1H3,(H,15,16,17). The number of alkyl halides is 4. The van der Waals surface area contributed by atoms with Gasteiger partial charge in [0.1, 0.15) is 16.8 Å². The number of aromatic nitrogens is 2. The average Bonchev–Trinajstić information content (AvgIpc) is 2.25. The monoisotopic (exact) mass is 285 g/mol. The smallest absolute Gasteiger partial charge is 0.324 e. The van der Waals surface area contributed by atoms with Gasteiger partial charge in [-0.1, -0.05) is 11.6 Å². The minimum Gasteiger partial charge on any atom is -0.363 e. The molecule has 0 saturated heterocycles. The number of halogens is 5. The molecule has 0 fully saturated rings. The van der Waals surface area contributed by atoms with Crippen LogP contribution in [0.1, 0.15) is 16.2 Å². The zero-order valence-corrected chi connectivity index (χ0v) is 9.81. The quantitative estimate of drug-likeness (QED) is 0.513. The number of nitrogens with zero attached hydrogens (tertiary/aromatic N) is 2. The molecule has 0 aliphatic heterocycles. The fourth-order valence-corrected chi connectivity index (χ4v) is 1.32. The molecule has 0 spiro atoms. The Morgan fingerprint density at radius 1 is 1.44 bits per heavy atom. The van der Waals surface area contributed by atoms with E-state index in [1.54, 1.807) is 0 Å². The highest BCUT2D eigenvalue weighted by atomic mass is 35.5. The predicted octanol–water partition coefficient (Wildman–Crippen LogP) is 2.56. The molecule has 0 aliphatic rings. The zero-order chi connectivity index (χ0) is 13.9. The molecule has 0 atom stereocenters. The molecule has 1 rings (SSSR count). The molecule has 1 aromatic rings. The van der Waals surface area contributed by atoms with Crippen molar-refractivity contribution in [2.75, 3.05) is 11.9 Å². The van der Waals surface area contributed by atoms with Crippen LogP contribution in [-0.4, -0.2) is 35.1 Å². The summed E-state index contributed by atoms with van der Waals surface area (Å²) in [7, 11) is 0. The molecule has 4 nitrogen and oxygen atoms in total. The van der Waals surface area contributed by atoms with Gasteiger partial charge < -0.3 is 5.32 Å². The molecule has 0 aliphatic carbocycles. The van der Waals surface area contributed by atoms with Crippen molar-refractivity contribution in [1.82, 2.24) is 9.97 Å². The van der Waals surface area contributed by atoms with E-state index in [4.69, 9.17) is 11.6 Å². The fourth-order valence-electron chi connectivity index (χ4n) is 1.06. The van der Waals surface area contributed by atoms with Crippen molar-refractivity contribution in [1.29, 1.82) is 0 Å². The third-order valence-corrected chi connectivity index (χ3v) is 2.23. The van der Waals surface area contributed by atoms with E-state index in [9.17, 15) is 22.4 Å². The first kappa shape index (κ1) is 14.6. The Kier molecular flexibility index (Phi) is 4.44. The molecular formula is C9H8ClF4N3O. The van der Waals surface area contributed by atoms with E-state index in [0.717, 1.165) is 0 Å². The number of carbonyl (C=O) groups is 1. The highest BCUT2D eigenvalue weighted by Crippen LogP contribution is 2.25. The van der Waals surface area contributed by atoms with Gasteiger partial charge in [0.15, 0.2) is 6.29 Å². The molecule has 0 bridgehead atoms. The van der Waals surface area contributed by atoms with Gasteiger partial charge in [0.05, 0.1) is 12.1 Å². The summed E-state index contributed by atoms with van der Waals surface area (Å²) in [6.07, 6.45) is -3.56. The van der Waals surface area contributed by atoms with Gasteiger partial charge in [-0.2, -0.15) is 8.78 Å². The lowest BCUT2D eigenvalue weighted by atomic mass is 10.3. The Morgan fingerprint density at radius 3 is 2.56 bits per heavy atom. The number of carbonyl (C=O) groups excluding carboxylic acids is 1. The summed E-state index contributed by atoms with van der Waals surface area (Å²) < 4.78 is 49.3. The van der Waals surface area contributed by atoms with Crippen molar-refractivity contribution in [3.05, 3.63) is 16.5 Å². The van der Waals surface area contributed by atoms with Gasteiger partial charge in [-0.25, -0.2) is 18.7 Å². The van der Waals surface area contributed by atoms with Crippen LogP contribution in [0.5, 0.6) is 0 Å². The molecule has 100 valence electrons. The Balaban J connectivity index is 2.94. The van der Waals surface area contributed by atoms with Crippen molar-refractivity contribution < 1.29 is 22.4 Å². The van der Waals surface area contributed by atoms with E-state index < -0.39 is 18.9 Å². The van der Waals surface area contributed by atoms with Gasteiger partial charge in [0, 0.05) is 0 Å². The second-order valence-electron chi connectivity index (χ2n) is 3.36. The number of aryl methyl sites for hydroxylation is 1. The molecule has 0 amide bonds. The van der Waals surface area contributed by atoms with Crippen molar-refractivity contribution in [2.45, 2.75) is 19.3 Å². The van der Waals surface area contributed by atoms with Crippen LogP contribution in [0.15, 0.2) is 0 Å². The second-order valence-corrected chi connectivity index (χ2v) is 3.72. The van der Waals surface area contributed by atoms with Gasteiger partial charge in [-0.05, 0) is 6.92 Å². The first-order valence-electron chi connectivity index (χ1n) is 4.67. The fraction of sp³-hybridized carbons (Fsp3) is 0.444. The molecule has 9 heteroatoms. The van der Waals surface area contributed by atoms with Crippen molar-refractivity contribution >= 4 is 23.7 Å². The number of anilines is 1. The van der Waals surface area contributed by atoms with Crippen LogP contribution in [0.2, 0.25) is 5.15 Å². The van der Waals surface area contributed by atoms with Crippen LogP contribution in [0.4, 0.5) is 23.4 Å². The number of nitrogens with one attached hydrogen (secondary N) is 1. The molecule has 0 unspecified atom stereocenters. The van der Waals surface area contributed by atoms with E-state index >= 15 is 0 Å². The van der Waals surface area contributed by atoms with Crippen molar-refractivity contribution in [2.24, 2.45) is 0 Å². The molecule has 18 heavy (non-hydrogen) atoms. The summed E-state index contributed by atoms with van der Waals surface area (Å²) in [6.45, 7) is 0.0508. The minimum atomic E-state index is -4.23. The topological polar surface area (TPSA) is 54.9 Å². The largest absolute Gasteiger partial charge is 0.363 e. The van der Waals surface area contributed by atoms with Crippen molar-refractivity contribution in [3.63, 3.8) is 0 Å². The predicted molar refractivity (Wildman–Crippen MR) is 56.6 cm³/mol. The van der Waals surface area contributed by atoms with E-state index in [2.05, 4.69) is 9.97 Å². The van der Waals surface area contributed by atoms with Crippen LogP contribution in [0.25, 0.3) is 0 Å². The lowest BCUT2D eigenvalue weighted by molar-refractivity contribution is -0.117. The second kappa shape index (κ2) is 5.47. The average molecular weight is 286 g/mol. The summed E-state index contributed by atoms with van der Waals surface area (Å²) >= 11 is 5.59. The summed E-state index contributed by atoms with van der Waals surface area (Å²) in [5.74, 6) is -4.41. The lowest BCUT2D eigenvalue weighted by Gasteiger charge is -2.17. The van der Waals surface area contributed by atoms with Crippen LogP contribution >= 0.6 is 11.6 Å². The molecule has 1 aromatic heterocycles. The van der Waals surface area contributed by atoms with E-state index in [1.165, 1.54) is 6.92 Å². The van der Waals surface area contributed by atoms with Crippen LogP contribution in [0, 0.1) is 6.92 Å². The Bertz CT molecular complexity index is 456. The maximum Gasteiger partial charge on any atom is 0.324 e. The number of hydrogen-bond acceptors (Lipinski definition) is 4. The van der Waals surface area contributed by atoms with Crippen LogP contribution < -0.4 is 5.32 Å². The summed E-state index contributed by atoms with van der Waals surface area (Å²) in [5.41, 5.74) is -0.257. The van der Waals surface area contributed by atoms with Crippen LogP contribution in [0.3, 0.4) is 0 Å². The first-order valence-corrected chi connectivity index (χ1v) is 5.05. The molecule has 1 N–H and O–H groups in total. The third kappa shape index (κ3) is 3.28. The van der Waals surface area contributed by atoms with Crippen LogP contribution in [-0.2, 0) is 0 Å². The number of aldehydes is 1. The Morgan fingerprint density at radius 2 is 2.06 bits per heavy atom. The molecular weight excluding hydrogens is 278 g/mol. The van der Waals surface area contributed by atoms with E-state index in [1.807, 2.05) is 5.32 Å². The molecule has 1 heterocycles. The zero-order valence-electron chi connectivity index (χ0n) is 9.05. The molecule has 0 aromatic carbocycles. The molecule has 0 saturated carbocycles. The van der Waals surface area contributed by atoms with Gasteiger partial charge >= 0.3 is 12.3 Å². The van der Waals surface area contributed by atoms with E-state index in [0.29, 0.717) is 0 Å². The Labute approximate surface area is 104 Å². The third-order valence-electron chi connectivity index (χ3n) is 1.94. The Hall–Kier alpha value is -1.44. The summed E-state index contributed by atoms with van der Waals surface area (Å²) in [4.78, 5) is 18.0. The first-order chi connectivity index (χ1) is 8.27. The molecule has 0 radical (unpaired) electrons. The normalized spacial score (nSPS) is 11.7. The maximum atomic E-state index is 12.7. The minimum absolute atomic E-state index is 0.119. The number of hydrogen-bond donors (Lipinski definition) is 1. The van der Waals surface area contributed by atoms with Gasteiger partial charge in [-0.15, -0.1) is 0 Å². The maximum absolute atomic E-state index is 12.7. The van der Waals surface area contributed by atoms with Gasteiger partial charge in [0.2, 0.25) is 0 Å². The van der Waals surface area contributed by atoms with E-state index in [-0.39, 0.29) is 28.6 Å². The van der Waals surface area contributed by atoms with Gasteiger partial charge in [-0.3, -0.25) is 4.79 Å². The lowest BCUT2D eigenvalue weighted by Crippen LogP contribution is -2.35. The summed E-state index contributed by atoms with van der Waals surface area (Å²) in [6, 6.07) is 0. The SMILES string of the molecule is Cc1nc(Cl)c(C=O)c(NCC(F)(F)C(F)F)n1. The van der Waals surface area contributed by atoms with Crippen molar-refractivity contribution in [3.8, 4) is 0 Å².